The molecule has 1 atom stereocenters. The largest absolute Gasteiger partial charge is 0.483 e. The molecule has 6 nitrogen and oxygen atoms in total. The van der Waals surface area contributed by atoms with Crippen molar-refractivity contribution in [3.05, 3.63) is 29.3 Å². The molecule has 2 amide bonds. The quantitative estimate of drug-likeness (QED) is 0.738. The van der Waals surface area contributed by atoms with E-state index < -0.39 is 0 Å². The van der Waals surface area contributed by atoms with Crippen LogP contribution in [0.4, 0.5) is 0 Å². The summed E-state index contributed by atoms with van der Waals surface area (Å²) in [5.74, 6) is 0.838. The van der Waals surface area contributed by atoms with Gasteiger partial charge in [0.2, 0.25) is 5.91 Å². The Bertz CT molecular complexity index is 637. The summed E-state index contributed by atoms with van der Waals surface area (Å²) in [7, 11) is 0. The highest BCUT2D eigenvalue weighted by Crippen LogP contribution is 2.27. The van der Waals surface area contributed by atoms with Crippen molar-refractivity contribution in [2.24, 2.45) is 11.7 Å². The van der Waals surface area contributed by atoms with Crippen LogP contribution >= 0.6 is 12.4 Å². The van der Waals surface area contributed by atoms with Crippen LogP contribution in [-0.4, -0.2) is 49.5 Å². The van der Waals surface area contributed by atoms with Crippen molar-refractivity contribution in [1.29, 1.82) is 0 Å². The van der Waals surface area contributed by atoms with Gasteiger partial charge >= 0.3 is 0 Å². The summed E-state index contributed by atoms with van der Waals surface area (Å²) in [4.78, 5) is 26.4. The molecule has 1 aliphatic rings. The van der Waals surface area contributed by atoms with Crippen LogP contribution in [0.2, 0.25) is 0 Å². The number of rotatable bonds is 7. The van der Waals surface area contributed by atoms with Crippen molar-refractivity contribution in [1.82, 2.24) is 10.2 Å². The molecule has 0 aliphatic carbocycles. The lowest BCUT2D eigenvalue weighted by atomic mass is 9.97. The van der Waals surface area contributed by atoms with Gasteiger partial charge in [0.15, 0.2) is 6.61 Å². The molecule has 0 spiro atoms. The average molecular weight is 398 g/mol. The van der Waals surface area contributed by atoms with E-state index in [-0.39, 0.29) is 36.7 Å². The second kappa shape index (κ2) is 11.1. The van der Waals surface area contributed by atoms with Gasteiger partial charge in [-0.2, -0.15) is 0 Å². The summed E-state index contributed by atoms with van der Waals surface area (Å²) in [6, 6.07) is 6.08. The first-order valence-corrected chi connectivity index (χ1v) is 9.41. The van der Waals surface area contributed by atoms with Gasteiger partial charge in [-0.05, 0) is 42.9 Å². The Morgan fingerprint density at radius 3 is 2.78 bits per heavy atom. The van der Waals surface area contributed by atoms with Gasteiger partial charge in [-0.25, -0.2) is 0 Å². The van der Waals surface area contributed by atoms with E-state index in [0.29, 0.717) is 32.1 Å². The maximum Gasteiger partial charge on any atom is 0.260 e. The fourth-order valence-electron chi connectivity index (χ4n) is 3.23. The Balaban J connectivity index is 0.00000364. The molecule has 1 aliphatic heterocycles. The Labute approximate surface area is 168 Å². The molecule has 0 radical (unpaired) electrons. The monoisotopic (exact) mass is 397 g/mol. The number of carbonyl (C=O) groups is 2. The topological polar surface area (TPSA) is 84.7 Å². The lowest BCUT2D eigenvalue weighted by Crippen LogP contribution is -2.47. The molecule has 1 saturated heterocycles. The second-order valence-electron chi connectivity index (χ2n) is 7.24. The number of amides is 2. The molecule has 1 unspecified atom stereocenters. The first-order chi connectivity index (χ1) is 12.4. The van der Waals surface area contributed by atoms with E-state index in [1.54, 1.807) is 4.90 Å². The van der Waals surface area contributed by atoms with E-state index >= 15 is 0 Å². The van der Waals surface area contributed by atoms with E-state index in [1.807, 2.05) is 13.0 Å². The number of halogens is 1. The predicted octanol–water partition coefficient (Wildman–Crippen LogP) is 2.23. The van der Waals surface area contributed by atoms with Crippen molar-refractivity contribution in [3.8, 4) is 5.75 Å². The zero-order valence-corrected chi connectivity index (χ0v) is 17.3. The summed E-state index contributed by atoms with van der Waals surface area (Å²) in [5.41, 5.74) is 7.63. The van der Waals surface area contributed by atoms with Gasteiger partial charge in [-0.15, -0.1) is 12.4 Å². The first kappa shape index (κ1) is 23.2. The van der Waals surface area contributed by atoms with Crippen LogP contribution in [0.5, 0.6) is 5.75 Å². The van der Waals surface area contributed by atoms with E-state index in [4.69, 9.17) is 10.5 Å². The third-order valence-electron chi connectivity index (χ3n) is 4.73. The molecule has 0 bridgehead atoms. The molecular formula is C20H32ClN3O3. The van der Waals surface area contributed by atoms with Crippen molar-refractivity contribution >= 4 is 24.2 Å². The minimum absolute atomic E-state index is 0. The molecule has 1 fully saturated rings. The molecule has 0 saturated carbocycles. The minimum Gasteiger partial charge on any atom is -0.483 e. The van der Waals surface area contributed by atoms with Gasteiger partial charge in [-0.1, -0.05) is 26.0 Å². The number of likely N-dealkylation sites (tertiary alicyclic amines) is 1. The number of hydrogen-bond acceptors (Lipinski definition) is 4. The Morgan fingerprint density at radius 1 is 1.37 bits per heavy atom. The molecule has 1 aromatic rings. The van der Waals surface area contributed by atoms with Gasteiger partial charge in [0, 0.05) is 26.2 Å². The van der Waals surface area contributed by atoms with Gasteiger partial charge in [0.25, 0.3) is 5.91 Å². The molecule has 3 N–H and O–H groups in total. The van der Waals surface area contributed by atoms with E-state index in [1.165, 1.54) is 0 Å². The molecule has 1 heterocycles. The molecular weight excluding hydrogens is 366 g/mol. The van der Waals surface area contributed by atoms with Crippen molar-refractivity contribution in [2.75, 3.05) is 32.8 Å². The zero-order valence-electron chi connectivity index (χ0n) is 16.5. The van der Waals surface area contributed by atoms with Crippen LogP contribution in [0.1, 0.15) is 43.7 Å². The van der Waals surface area contributed by atoms with Crippen LogP contribution in [0.15, 0.2) is 18.2 Å². The van der Waals surface area contributed by atoms with Crippen LogP contribution in [0.25, 0.3) is 0 Å². The first-order valence-electron chi connectivity index (χ1n) is 9.41. The predicted molar refractivity (Wildman–Crippen MR) is 109 cm³/mol. The van der Waals surface area contributed by atoms with Gasteiger partial charge in [0.1, 0.15) is 5.75 Å². The molecule has 7 heteroatoms. The number of nitrogens with one attached hydrogen (secondary N) is 1. The number of nitrogens with zero attached hydrogens (tertiary/aromatic N) is 1. The zero-order chi connectivity index (χ0) is 19.1. The second-order valence-corrected chi connectivity index (χ2v) is 7.24. The summed E-state index contributed by atoms with van der Waals surface area (Å²) < 4.78 is 5.85. The summed E-state index contributed by atoms with van der Waals surface area (Å²) in [6.45, 7) is 8.23. The number of ether oxygens (including phenoxy) is 1. The summed E-state index contributed by atoms with van der Waals surface area (Å²) in [6.07, 6.45) is 1.63. The van der Waals surface area contributed by atoms with Crippen LogP contribution in [0.3, 0.4) is 0 Å². The minimum atomic E-state index is -0.163. The van der Waals surface area contributed by atoms with Crippen molar-refractivity contribution in [3.63, 3.8) is 0 Å². The molecule has 1 aromatic carbocycles. The maximum absolute atomic E-state index is 12.6. The fourth-order valence-corrected chi connectivity index (χ4v) is 3.23. The lowest BCUT2D eigenvalue weighted by Gasteiger charge is -2.32. The van der Waals surface area contributed by atoms with Gasteiger partial charge < -0.3 is 20.7 Å². The number of aryl methyl sites for hydroxylation is 1. The molecule has 152 valence electrons. The summed E-state index contributed by atoms with van der Waals surface area (Å²) in [5, 5.41) is 2.81. The molecule has 2 rings (SSSR count). The highest BCUT2D eigenvalue weighted by atomic mass is 35.5. The third kappa shape index (κ3) is 6.70. The standard InChI is InChI=1S/C20H31N3O3.ClH/c1-14(2)17-7-6-15(3)11-18(17)26-13-19(24)23-10-4-5-16(12-23)20(25)22-9-8-21;/h6-7,11,14,16H,4-5,8-10,12-13,21H2,1-3H3,(H,22,25);1H. The Kier molecular flexibility index (Phi) is 9.60. The Morgan fingerprint density at radius 2 is 2.11 bits per heavy atom. The lowest BCUT2D eigenvalue weighted by molar-refractivity contribution is -0.137. The van der Waals surface area contributed by atoms with Crippen molar-refractivity contribution < 1.29 is 14.3 Å². The highest BCUT2D eigenvalue weighted by molar-refractivity contribution is 5.85. The van der Waals surface area contributed by atoms with Crippen molar-refractivity contribution in [2.45, 2.75) is 39.5 Å². The average Bonchev–Trinajstić information content (AvgIpc) is 2.64. The normalized spacial score (nSPS) is 16.6. The molecule has 27 heavy (non-hydrogen) atoms. The maximum atomic E-state index is 12.6. The van der Waals surface area contributed by atoms with Crippen LogP contribution in [0, 0.1) is 12.8 Å². The van der Waals surface area contributed by atoms with Crippen LogP contribution in [-0.2, 0) is 9.59 Å². The SMILES string of the molecule is Cc1ccc(C(C)C)c(OCC(=O)N2CCCC(C(=O)NCCN)C2)c1.Cl. The number of benzene rings is 1. The van der Waals surface area contributed by atoms with E-state index in [0.717, 1.165) is 29.7 Å². The smallest absolute Gasteiger partial charge is 0.260 e. The van der Waals surface area contributed by atoms with E-state index in [2.05, 4.69) is 31.3 Å². The number of hydrogen-bond donors (Lipinski definition) is 2. The van der Waals surface area contributed by atoms with Gasteiger partial charge in [-0.3, -0.25) is 9.59 Å². The Hall–Kier alpha value is -1.79. The fraction of sp³-hybridized carbons (Fsp3) is 0.600. The van der Waals surface area contributed by atoms with Gasteiger partial charge in [0.05, 0.1) is 5.92 Å². The number of carbonyl (C=O) groups excluding carboxylic acids is 2. The number of piperidine rings is 1. The highest BCUT2D eigenvalue weighted by Gasteiger charge is 2.28. The van der Waals surface area contributed by atoms with Crippen LogP contribution < -0.4 is 15.8 Å². The molecule has 0 aromatic heterocycles. The summed E-state index contributed by atoms with van der Waals surface area (Å²) >= 11 is 0. The van der Waals surface area contributed by atoms with E-state index in [9.17, 15) is 9.59 Å². The third-order valence-corrected chi connectivity index (χ3v) is 4.73. The number of nitrogens with two attached hydrogens (primary N) is 1.